The van der Waals surface area contributed by atoms with Gasteiger partial charge in [-0.25, -0.2) is 0 Å². The Bertz CT molecular complexity index is 776. The first-order chi connectivity index (χ1) is 12.9. The standard InChI is InChI=1S/C22H29N3O2.ClH/c1-15(2)17-8-10-18(11-9-17)16(3)14-21(26)25-20-7-5-4-6-19(20)22(27)24-13-12-23;/h4-11,15-16H,12-14,23H2,1-3H3,(H,24,27)(H,25,26);1H. The fraction of sp³-hybridized carbons (Fsp3) is 0.364. The number of rotatable bonds is 8. The summed E-state index contributed by atoms with van der Waals surface area (Å²) in [7, 11) is 0. The third kappa shape index (κ3) is 6.66. The molecular weight excluding hydrogens is 374 g/mol. The number of nitrogens with one attached hydrogen (secondary N) is 2. The van der Waals surface area contributed by atoms with Crippen LogP contribution in [0, 0.1) is 0 Å². The molecule has 2 aromatic carbocycles. The molecule has 0 spiro atoms. The summed E-state index contributed by atoms with van der Waals surface area (Å²) in [5.41, 5.74) is 8.79. The van der Waals surface area contributed by atoms with E-state index in [2.05, 4.69) is 48.7 Å². The first kappa shape index (κ1) is 23.7. The summed E-state index contributed by atoms with van der Waals surface area (Å²) in [6.45, 7) is 7.11. The lowest BCUT2D eigenvalue weighted by Crippen LogP contribution is -2.30. The van der Waals surface area contributed by atoms with Crippen LogP contribution in [0.4, 0.5) is 5.69 Å². The number of amides is 2. The molecule has 28 heavy (non-hydrogen) atoms. The van der Waals surface area contributed by atoms with Crippen molar-refractivity contribution >= 4 is 29.9 Å². The number of benzene rings is 2. The van der Waals surface area contributed by atoms with Crippen molar-refractivity contribution in [2.45, 2.75) is 39.0 Å². The predicted molar refractivity (Wildman–Crippen MR) is 117 cm³/mol. The Kier molecular flexibility index (Phi) is 9.69. The van der Waals surface area contributed by atoms with Gasteiger partial charge in [0.15, 0.2) is 0 Å². The van der Waals surface area contributed by atoms with Gasteiger partial charge in [0, 0.05) is 19.5 Å². The minimum atomic E-state index is -0.242. The molecule has 0 saturated heterocycles. The maximum absolute atomic E-state index is 12.5. The van der Waals surface area contributed by atoms with Crippen LogP contribution in [0.1, 0.15) is 60.5 Å². The van der Waals surface area contributed by atoms with Crippen molar-refractivity contribution in [3.05, 3.63) is 65.2 Å². The van der Waals surface area contributed by atoms with Gasteiger partial charge in [-0.2, -0.15) is 0 Å². The molecule has 0 bridgehead atoms. The highest BCUT2D eigenvalue weighted by Crippen LogP contribution is 2.23. The molecule has 1 unspecified atom stereocenters. The highest BCUT2D eigenvalue weighted by atomic mass is 35.5. The highest BCUT2D eigenvalue weighted by Gasteiger charge is 2.15. The van der Waals surface area contributed by atoms with Crippen molar-refractivity contribution in [2.24, 2.45) is 5.73 Å². The van der Waals surface area contributed by atoms with Crippen LogP contribution in [-0.4, -0.2) is 24.9 Å². The van der Waals surface area contributed by atoms with Crippen LogP contribution in [-0.2, 0) is 4.79 Å². The summed E-state index contributed by atoms with van der Waals surface area (Å²) in [5.74, 6) is 0.215. The van der Waals surface area contributed by atoms with E-state index in [4.69, 9.17) is 5.73 Å². The summed E-state index contributed by atoms with van der Waals surface area (Å²) < 4.78 is 0. The van der Waals surface area contributed by atoms with Crippen molar-refractivity contribution in [1.82, 2.24) is 5.32 Å². The molecule has 0 fully saturated rings. The summed E-state index contributed by atoms with van der Waals surface area (Å²) in [4.78, 5) is 24.7. The smallest absolute Gasteiger partial charge is 0.253 e. The van der Waals surface area contributed by atoms with Gasteiger partial charge in [0.25, 0.3) is 5.91 Å². The Morgan fingerprint density at radius 1 is 0.964 bits per heavy atom. The lowest BCUT2D eigenvalue weighted by atomic mass is 9.94. The predicted octanol–water partition coefficient (Wildman–Crippen LogP) is 4.05. The Hall–Kier alpha value is -2.37. The van der Waals surface area contributed by atoms with Crippen LogP contribution >= 0.6 is 12.4 Å². The number of nitrogens with two attached hydrogens (primary N) is 1. The Balaban J connectivity index is 0.00000392. The zero-order chi connectivity index (χ0) is 19.8. The van der Waals surface area contributed by atoms with Gasteiger partial charge >= 0.3 is 0 Å². The first-order valence-electron chi connectivity index (χ1n) is 9.39. The molecule has 0 heterocycles. The monoisotopic (exact) mass is 403 g/mol. The second kappa shape index (κ2) is 11.5. The van der Waals surface area contributed by atoms with E-state index >= 15 is 0 Å². The summed E-state index contributed by atoms with van der Waals surface area (Å²) in [6, 6.07) is 15.4. The molecule has 5 nitrogen and oxygen atoms in total. The molecule has 2 amide bonds. The number of hydrogen-bond acceptors (Lipinski definition) is 3. The van der Waals surface area contributed by atoms with Gasteiger partial charge in [-0.1, -0.05) is 57.2 Å². The van der Waals surface area contributed by atoms with Gasteiger partial charge in [-0.3, -0.25) is 9.59 Å². The third-order valence-electron chi connectivity index (χ3n) is 4.54. The van der Waals surface area contributed by atoms with Crippen molar-refractivity contribution in [3.63, 3.8) is 0 Å². The molecule has 1 atom stereocenters. The van der Waals surface area contributed by atoms with Gasteiger partial charge in [-0.05, 0) is 35.1 Å². The van der Waals surface area contributed by atoms with Gasteiger partial charge in [0.1, 0.15) is 0 Å². The number of anilines is 1. The number of carbonyl (C=O) groups is 2. The molecule has 6 heteroatoms. The van der Waals surface area contributed by atoms with Gasteiger partial charge in [0.2, 0.25) is 5.91 Å². The molecule has 2 aromatic rings. The van der Waals surface area contributed by atoms with Crippen molar-refractivity contribution in [3.8, 4) is 0 Å². The summed E-state index contributed by atoms with van der Waals surface area (Å²) in [5, 5.41) is 5.60. The van der Waals surface area contributed by atoms with Crippen molar-refractivity contribution < 1.29 is 9.59 Å². The highest BCUT2D eigenvalue weighted by molar-refractivity contribution is 6.03. The number of halogens is 1. The van der Waals surface area contributed by atoms with E-state index in [9.17, 15) is 9.59 Å². The van der Waals surface area contributed by atoms with Gasteiger partial charge in [-0.15, -0.1) is 12.4 Å². The molecule has 4 N–H and O–H groups in total. The fourth-order valence-corrected chi connectivity index (χ4v) is 2.88. The van der Waals surface area contributed by atoms with E-state index in [1.54, 1.807) is 24.3 Å². The van der Waals surface area contributed by atoms with Crippen LogP contribution in [0.5, 0.6) is 0 Å². The van der Waals surface area contributed by atoms with Crippen LogP contribution in [0.3, 0.4) is 0 Å². The quantitative estimate of drug-likeness (QED) is 0.621. The zero-order valence-corrected chi connectivity index (χ0v) is 17.5. The van der Waals surface area contributed by atoms with Crippen LogP contribution in [0.2, 0.25) is 0 Å². The normalized spacial score (nSPS) is 11.5. The lowest BCUT2D eigenvalue weighted by molar-refractivity contribution is -0.116. The lowest BCUT2D eigenvalue weighted by Gasteiger charge is -2.15. The van der Waals surface area contributed by atoms with Crippen LogP contribution in [0.15, 0.2) is 48.5 Å². The van der Waals surface area contributed by atoms with Gasteiger partial charge < -0.3 is 16.4 Å². The maximum atomic E-state index is 12.5. The maximum Gasteiger partial charge on any atom is 0.253 e. The Morgan fingerprint density at radius 2 is 1.57 bits per heavy atom. The molecule has 0 aliphatic heterocycles. The summed E-state index contributed by atoms with van der Waals surface area (Å²) >= 11 is 0. The Morgan fingerprint density at radius 3 is 2.18 bits per heavy atom. The number of hydrogen-bond donors (Lipinski definition) is 3. The van der Waals surface area contributed by atoms with E-state index in [-0.39, 0.29) is 30.1 Å². The van der Waals surface area contributed by atoms with E-state index < -0.39 is 0 Å². The average Bonchev–Trinajstić information content (AvgIpc) is 2.66. The van der Waals surface area contributed by atoms with Crippen LogP contribution < -0.4 is 16.4 Å². The van der Waals surface area contributed by atoms with E-state index in [0.29, 0.717) is 36.7 Å². The molecule has 2 rings (SSSR count). The van der Waals surface area contributed by atoms with Gasteiger partial charge in [0.05, 0.1) is 11.3 Å². The second-order valence-corrected chi connectivity index (χ2v) is 7.06. The van der Waals surface area contributed by atoms with E-state index in [1.165, 1.54) is 5.56 Å². The minimum Gasteiger partial charge on any atom is -0.351 e. The minimum absolute atomic E-state index is 0. The van der Waals surface area contributed by atoms with E-state index in [0.717, 1.165) is 5.56 Å². The largest absolute Gasteiger partial charge is 0.351 e. The molecule has 0 saturated carbocycles. The molecular formula is C22H30ClN3O2. The molecule has 0 aromatic heterocycles. The SMILES string of the molecule is CC(C)c1ccc(C(C)CC(=O)Nc2ccccc2C(=O)NCCN)cc1.Cl. The Labute approximate surface area is 173 Å². The zero-order valence-electron chi connectivity index (χ0n) is 16.7. The van der Waals surface area contributed by atoms with Crippen molar-refractivity contribution in [2.75, 3.05) is 18.4 Å². The molecule has 0 aliphatic carbocycles. The number of para-hydroxylation sites is 1. The average molecular weight is 404 g/mol. The first-order valence-corrected chi connectivity index (χ1v) is 9.39. The van der Waals surface area contributed by atoms with Crippen molar-refractivity contribution in [1.29, 1.82) is 0 Å². The van der Waals surface area contributed by atoms with Crippen LogP contribution in [0.25, 0.3) is 0 Å². The second-order valence-electron chi connectivity index (χ2n) is 7.06. The molecule has 0 aliphatic rings. The van der Waals surface area contributed by atoms with E-state index in [1.807, 2.05) is 6.92 Å². The summed E-state index contributed by atoms with van der Waals surface area (Å²) in [6.07, 6.45) is 0.347. The topological polar surface area (TPSA) is 84.2 Å². The fourth-order valence-electron chi connectivity index (χ4n) is 2.88. The molecule has 0 radical (unpaired) electrons. The molecule has 152 valence electrons. The number of carbonyl (C=O) groups excluding carboxylic acids is 2. The third-order valence-corrected chi connectivity index (χ3v) is 4.54.